The molecule has 202 valence electrons. The summed E-state index contributed by atoms with van der Waals surface area (Å²) in [6, 6.07) is 20.0. The van der Waals surface area contributed by atoms with Crippen molar-refractivity contribution in [2.45, 2.75) is 43.7 Å². The molecule has 2 N–H and O–H groups in total. The number of oxime groups is 1. The van der Waals surface area contributed by atoms with Crippen molar-refractivity contribution in [2.75, 3.05) is 23.9 Å². The topological polar surface area (TPSA) is 100 Å². The van der Waals surface area contributed by atoms with E-state index in [1.165, 1.54) is 11.8 Å². The van der Waals surface area contributed by atoms with Crippen molar-refractivity contribution >= 4 is 41.1 Å². The van der Waals surface area contributed by atoms with Crippen LogP contribution in [0, 0.1) is 0 Å². The summed E-state index contributed by atoms with van der Waals surface area (Å²) in [4.78, 5) is 32.4. The second-order valence-electron chi connectivity index (χ2n) is 9.92. The normalized spacial score (nSPS) is 16.5. The number of nitrogens with one attached hydrogen (secondary N) is 1. The maximum absolute atomic E-state index is 14.2. The second kappa shape index (κ2) is 11.0. The number of nitrogens with zero attached hydrogens (tertiary/aromatic N) is 2. The van der Waals surface area contributed by atoms with Gasteiger partial charge in [-0.2, -0.15) is 0 Å². The van der Waals surface area contributed by atoms with Crippen molar-refractivity contribution in [1.82, 2.24) is 0 Å². The number of hydrogen-bond donors (Lipinski definition) is 2. The first-order chi connectivity index (χ1) is 18.8. The number of methoxy groups -OCH3 is 1. The smallest absolute Gasteiger partial charge is 0.347 e. The molecule has 0 saturated heterocycles. The van der Waals surface area contributed by atoms with Crippen molar-refractivity contribution in [2.24, 2.45) is 5.16 Å². The third-order valence-electron chi connectivity index (χ3n) is 7.31. The number of carbonyl (C=O) groups excluding carboxylic acids is 1. The molecule has 1 aliphatic carbocycles. The summed E-state index contributed by atoms with van der Waals surface area (Å²) in [7, 11) is 1.55. The van der Waals surface area contributed by atoms with E-state index in [0.717, 1.165) is 24.1 Å². The Hall–Kier alpha value is -4.04. The van der Waals surface area contributed by atoms with Crippen LogP contribution in [0.5, 0.6) is 5.75 Å². The number of carboxylic acids is 1. The number of para-hydroxylation sites is 1. The molecule has 0 radical (unpaired) electrons. The van der Waals surface area contributed by atoms with Gasteiger partial charge in [0.2, 0.25) is 6.10 Å². The fourth-order valence-electron chi connectivity index (χ4n) is 5.03. The molecule has 5 rings (SSSR count). The largest absolute Gasteiger partial charge is 0.497 e. The highest BCUT2D eigenvalue weighted by atomic mass is 35.5. The van der Waals surface area contributed by atoms with Gasteiger partial charge in [0.25, 0.3) is 5.91 Å². The van der Waals surface area contributed by atoms with Crippen LogP contribution in [0.15, 0.2) is 71.9 Å². The van der Waals surface area contributed by atoms with Gasteiger partial charge < -0.3 is 24.9 Å². The van der Waals surface area contributed by atoms with Crippen molar-refractivity contribution in [3.05, 3.63) is 88.4 Å². The van der Waals surface area contributed by atoms with Gasteiger partial charge in [0.1, 0.15) is 11.8 Å². The van der Waals surface area contributed by atoms with Gasteiger partial charge in [0.15, 0.2) is 0 Å². The lowest BCUT2D eigenvalue weighted by Crippen LogP contribution is -2.38. The minimum atomic E-state index is -1.08. The number of halogens is 1. The highest BCUT2D eigenvalue weighted by Gasteiger charge is 2.53. The summed E-state index contributed by atoms with van der Waals surface area (Å²) < 4.78 is 5.48. The second-order valence-corrected chi connectivity index (χ2v) is 10.4. The number of anilines is 2. The Kier molecular flexibility index (Phi) is 7.48. The van der Waals surface area contributed by atoms with Crippen LogP contribution in [0.2, 0.25) is 5.02 Å². The van der Waals surface area contributed by atoms with Gasteiger partial charge in [0.05, 0.1) is 13.3 Å². The Bertz CT molecular complexity index is 1400. The van der Waals surface area contributed by atoms with Crippen LogP contribution >= 0.6 is 11.6 Å². The quantitative estimate of drug-likeness (QED) is 0.246. The maximum atomic E-state index is 14.2. The molecule has 39 heavy (non-hydrogen) atoms. The van der Waals surface area contributed by atoms with Crippen molar-refractivity contribution in [1.29, 1.82) is 0 Å². The molecule has 0 bridgehead atoms. The average molecular weight is 548 g/mol. The molecule has 8 nitrogen and oxygen atoms in total. The van der Waals surface area contributed by atoms with Gasteiger partial charge in [-0.15, -0.1) is 0 Å². The zero-order valence-corrected chi connectivity index (χ0v) is 22.5. The Morgan fingerprint density at radius 1 is 1.15 bits per heavy atom. The molecule has 2 aliphatic rings. The first-order valence-corrected chi connectivity index (χ1v) is 13.3. The van der Waals surface area contributed by atoms with E-state index in [1.54, 1.807) is 44.4 Å². The number of rotatable bonds is 10. The van der Waals surface area contributed by atoms with Crippen LogP contribution < -0.4 is 15.0 Å². The zero-order chi connectivity index (χ0) is 27.6. The van der Waals surface area contributed by atoms with Gasteiger partial charge in [-0.05, 0) is 60.7 Å². The van der Waals surface area contributed by atoms with E-state index in [9.17, 15) is 14.7 Å². The molecule has 0 aromatic heterocycles. The standard InChI is InChI=1S/C30H30ClN3O5/c1-3-26(29(36)37)39-32-17-19-14-22(16-23(15-19)38-2)33-27(20-8-10-21(31)11-9-20)28(35)34-18-30(12-13-30)24-6-4-5-7-25(24)34/h4-11,14-17,26-27,33H,3,12-13,18H2,1-2H3,(H,36,37)/b32-17+. The minimum Gasteiger partial charge on any atom is -0.497 e. The lowest BCUT2D eigenvalue weighted by molar-refractivity contribution is -0.150. The number of carbonyl (C=O) groups is 2. The van der Waals surface area contributed by atoms with E-state index in [2.05, 4.69) is 16.5 Å². The third-order valence-corrected chi connectivity index (χ3v) is 7.56. The first kappa shape index (κ1) is 26.6. The number of carboxylic acid groups (broad SMARTS) is 1. The Balaban J connectivity index is 1.45. The zero-order valence-electron chi connectivity index (χ0n) is 21.8. The Morgan fingerprint density at radius 3 is 2.56 bits per heavy atom. The summed E-state index contributed by atoms with van der Waals surface area (Å²) >= 11 is 6.16. The van der Waals surface area contributed by atoms with Gasteiger partial charge in [-0.25, -0.2) is 4.79 Å². The average Bonchev–Trinajstić information content (AvgIpc) is 3.65. The summed E-state index contributed by atoms with van der Waals surface area (Å²) in [6.45, 7) is 2.37. The number of aliphatic carboxylic acids is 1. The first-order valence-electron chi connectivity index (χ1n) is 12.9. The van der Waals surface area contributed by atoms with Gasteiger partial charge in [0, 0.05) is 40.0 Å². The Morgan fingerprint density at radius 2 is 1.90 bits per heavy atom. The molecule has 1 heterocycles. The van der Waals surface area contributed by atoms with Crippen LogP contribution in [0.3, 0.4) is 0 Å². The summed E-state index contributed by atoms with van der Waals surface area (Å²) in [6.07, 6.45) is 2.83. The number of fused-ring (bicyclic) bond motifs is 2. The minimum absolute atomic E-state index is 0.0582. The highest BCUT2D eigenvalue weighted by molar-refractivity contribution is 6.30. The molecule has 1 spiro atoms. The van der Waals surface area contributed by atoms with Gasteiger partial charge in [-0.1, -0.05) is 54.0 Å². The van der Waals surface area contributed by atoms with Crippen molar-refractivity contribution in [3.63, 3.8) is 0 Å². The van der Waals surface area contributed by atoms with E-state index in [0.29, 0.717) is 28.6 Å². The third kappa shape index (κ3) is 5.56. The summed E-state index contributed by atoms with van der Waals surface area (Å²) in [5.41, 5.74) is 4.26. The maximum Gasteiger partial charge on any atom is 0.347 e. The predicted octanol–water partition coefficient (Wildman–Crippen LogP) is 5.79. The molecule has 1 amide bonds. The number of hydrogen-bond acceptors (Lipinski definition) is 6. The summed E-state index contributed by atoms with van der Waals surface area (Å²) in [5.74, 6) is -0.608. The fourth-order valence-corrected chi connectivity index (χ4v) is 5.15. The van der Waals surface area contributed by atoms with E-state index in [4.69, 9.17) is 21.2 Å². The van der Waals surface area contributed by atoms with E-state index >= 15 is 0 Å². The molecular weight excluding hydrogens is 518 g/mol. The molecule has 1 fully saturated rings. The lowest BCUT2D eigenvalue weighted by atomic mass is 9.99. The van der Waals surface area contributed by atoms with E-state index < -0.39 is 18.1 Å². The molecule has 2 unspecified atom stereocenters. The number of amides is 1. The predicted molar refractivity (Wildman–Crippen MR) is 151 cm³/mol. The monoisotopic (exact) mass is 547 g/mol. The molecular formula is C30H30ClN3O5. The number of benzene rings is 3. The molecule has 3 aromatic carbocycles. The molecule has 1 aliphatic heterocycles. The van der Waals surface area contributed by atoms with Crippen LogP contribution in [0.25, 0.3) is 0 Å². The van der Waals surface area contributed by atoms with Crippen LogP contribution in [-0.4, -0.2) is 43.0 Å². The van der Waals surface area contributed by atoms with E-state index in [1.807, 2.05) is 35.2 Å². The van der Waals surface area contributed by atoms with Gasteiger partial charge in [-0.3, -0.25) is 4.79 Å². The Labute approximate surface area is 232 Å². The lowest BCUT2D eigenvalue weighted by Gasteiger charge is -2.26. The van der Waals surface area contributed by atoms with E-state index in [-0.39, 0.29) is 17.7 Å². The molecule has 9 heteroatoms. The SMILES string of the molecule is CCC(O/N=C/c1cc(NC(C(=O)N2CC3(CC3)c3ccccc32)c2ccc(Cl)cc2)cc(OC)c1)C(=O)O. The van der Waals surface area contributed by atoms with Crippen molar-refractivity contribution in [3.8, 4) is 5.75 Å². The molecule has 1 saturated carbocycles. The fraction of sp³-hybridized carbons (Fsp3) is 0.300. The number of ether oxygens (including phenoxy) is 1. The van der Waals surface area contributed by atoms with Crippen molar-refractivity contribution < 1.29 is 24.3 Å². The molecule has 2 atom stereocenters. The van der Waals surface area contributed by atoms with Crippen LogP contribution in [0.1, 0.15) is 48.9 Å². The van der Waals surface area contributed by atoms with Crippen LogP contribution in [0.4, 0.5) is 11.4 Å². The molecule has 3 aromatic rings. The van der Waals surface area contributed by atoms with Crippen LogP contribution in [-0.2, 0) is 19.8 Å². The summed E-state index contributed by atoms with van der Waals surface area (Å²) in [5, 5.41) is 17.0. The van der Waals surface area contributed by atoms with Gasteiger partial charge >= 0.3 is 5.97 Å². The highest BCUT2D eigenvalue weighted by Crippen LogP contribution is 2.56.